The molecule has 7 nitrogen and oxygen atoms in total. The lowest BCUT2D eigenvalue weighted by Crippen LogP contribution is -2.49. The minimum atomic E-state index is -3.73. The second kappa shape index (κ2) is 7.09. The molecule has 1 N–H and O–H groups in total. The van der Waals surface area contributed by atoms with Crippen LogP contribution in [0.5, 0.6) is 0 Å². The summed E-state index contributed by atoms with van der Waals surface area (Å²) in [5, 5.41) is 2.55. The highest BCUT2D eigenvalue weighted by Gasteiger charge is 2.47. The molecular formula is C12H21ClNO6P. The Bertz CT molecular complexity index is 453. The van der Waals surface area contributed by atoms with E-state index in [2.05, 4.69) is 5.32 Å². The number of amides is 1. The van der Waals surface area contributed by atoms with Crippen molar-refractivity contribution in [3.8, 4) is 0 Å². The third-order valence-electron chi connectivity index (χ3n) is 2.77. The van der Waals surface area contributed by atoms with Gasteiger partial charge < -0.3 is 10.1 Å². The summed E-state index contributed by atoms with van der Waals surface area (Å²) in [6, 6.07) is 0. The molecule has 1 heterocycles. The minimum Gasteiger partial charge on any atom is -0.463 e. The zero-order chi connectivity index (χ0) is 16.3. The first-order valence-corrected chi connectivity index (χ1v) is 9.08. The average Bonchev–Trinajstić information content (AvgIpc) is 2.31. The maximum Gasteiger partial charge on any atom is 0.425 e. The first-order chi connectivity index (χ1) is 9.53. The zero-order valence-electron chi connectivity index (χ0n) is 12.6. The first-order valence-electron chi connectivity index (χ1n) is 6.63. The summed E-state index contributed by atoms with van der Waals surface area (Å²) in [6.07, 6.45) is -1.16. The number of rotatable bonds is 5. The van der Waals surface area contributed by atoms with Crippen LogP contribution < -0.4 is 5.32 Å². The van der Waals surface area contributed by atoms with Crippen LogP contribution in [0.15, 0.2) is 0 Å². The van der Waals surface area contributed by atoms with Crippen molar-refractivity contribution in [2.75, 3.05) is 13.2 Å². The summed E-state index contributed by atoms with van der Waals surface area (Å²) in [5.74, 6) is -0.887. The Kier molecular flexibility index (Phi) is 6.23. The number of esters is 1. The van der Waals surface area contributed by atoms with E-state index in [1.54, 1.807) is 27.7 Å². The van der Waals surface area contributed by atoms with Crippen LogP contribution in [0.25, 0.3) is 0 Å². The van der Waals surface area contributed by atoms with Crippen molar-refractivity contribution in [1.82, 2.24) is 5.32 Å². The Balaban J connectivity index is 2.50. The predicted molar refractivity (Wildman–Crippen MR) is 76.9 cm³/mol. The quantitative estimate of drug-likeness (QED) is 0.609. The van der Waals surface area contributed by atoms with E-state index in [9.17, 15) is 14.2 Å². The number of nitrogens with one attached hydrogen (secondary N) is 1. The zero-order valence-corrected chi connectivity index (χ0v) is 14.2. The average molecular weight is 342 g/mol. The van der Waals surface area contributed by atoms with Crippen molar-refractivity contribution in [2.45, 2.75) is 46.3 Å². The van der Waals surface area contributed by atoms with Crippen molar-refractivity contribution >= 4 is 30.1 Å². The summed E-state index contributed by atoms with van der Waals surface area (Å²) in [6.45, 7) is 3.38. The fourth-order valence-corrected chi connectivity index (χ4v) is 3.29. The molecule has 122 valence electrons. The van der Waals surface area contributed by atoms with E-state index in [1.807, 2.05) is 0 Å². The number of ether oxygens (including phenoxy) is 1. The van der Waals surface area contributed by atoms with Crippen LogP contribution in [0.2, 0.25) is 0 Å². The van der Waals surface area contributed by atoms with Crippen LogP contribution in [0.1, 0.15) is 34.1 Å². The Morgan fingerprint density at radius 2 is 2.10 bits per heavy atom. The second-order valence-corrected chi connectivity index (χ2v) is 8.33. The standard InChI is InChI=1S/C12H21ClNO6P/c1-8(2)19-9(15)5-6-14-11(16)10-12(3,4)7-18-21(13,17)20-10/h8,10H,5-7H2,1-4H3,(H,14,16)/t10-,21?/m0/s1. The smallest absolute Gasteiger partial charge is 0.425 e. The van der Waals surface area contributed by atoms with Crippen molar-refractivity contribution in [3.05, 3.63) is 0 Å². The summed E-state index contributed by atoms with van der Waals surface area (Å²) < 4.78 is 26.5. The molecule has 1 fully saturated rings. The van der Waals surface area contributed by atoms with Gasteiger partial charge in [-0.15, -0.1) is 0 Å². The van der Waals surface area contributed by atoms with Gasteiger partial charge in [-0.25, -0.2) is 4.57 Å². The number of hydrogen-bond donors (Lipinski definition) is 1. The maximum absolute atomic E-state index is 12.1. The van der Waals surface area contributed by atoms with Gasteiger partial charge in [0.25, 0.3) is 0 Å². The lowest BCUT2D eigenvalue weighted by atomic mass is 9.87. The lowest BCUT2D eigenvalue weighted by molar-refractivity contribution is -0.147. The number of halogens is 1. The molecule has 1 unspecified atom stereocenters. The summed E-state index contributed by atoms with van der Waals surface area (Å²) >= 11 is 5.54. The highest BCUT2D eigenvalue weighted by atomic mass is 35.7. The SMILES string of the molecule is CC(C)OC(=O)CCNC(=O)[C@@H]1OP(=O)(Cl)OCC1(C)C. The Labute approximate surface area is 129 Å². The number of carbonyl (C=O) groups excluding carboxylic acids is 2. The third-order valence-corrected chi connectivity index (χ3v) is 4.20. The summed E-state index contributed by atoms with van der Waals surface area (Å²) in [7, 11) is 0. The van der Waals surface area contributed by atoms with Gasteiger partial charge in [0.1, 0.15) is 0 Å². The second-order valence-electron chi connectivity index (χ2n) is 5.76. The Morgan fingerprint density at radius 1 is 1.48 bits per heavy atom. The van der Waals surface area contributed by atoms with E-state index >= 15 is 0 Å². The number of carbonyl (C=O) groups is 2. The van der Waals surface area contributed by atoms with E-state index in [0.717, 1.165) is 0 Å². The molecule has 1 saturated heterocycles. The van der Waals surface area contributed by atoms with Gasteiger partial charge in [0.15, 0.2) is 6.10 Å². The van der Waals surface area contributed by atoms with Crippen molar-refractivity contribution in [2.24, 2.45) is 5.41 Å². The molecule has 0 aromatic rings. The first kappa shape index (κ1) is 18.4. The van der Waals surface area contributed by atoms with Crippen LogP contribution in [-0.4, -0.2) is 37.2 Å². The van der Waals surface area contributed by atoms with Gasteiger partial charge >= 0.3 is 12.9 Å². The van der Waals surface area contributed by atoms with Gasteiger partial charge in [-0.1, -0.05) is 13.8 Å². The highest BCUT2D eigenvalue weighted by molar-refractivity contribution is 7.81. The molecule has 0 spiro atoms. The topological polar surface area (TPSA) is 90.9 Å². The summed E-state index contributed by atoms with van der Waals surface area (Å²) in [5.41, 5.74) is -0.675. The van der Waals surface area contributed by atoms with Gasteiger partial charge in [0.05, 0.1) is 19.1 Å². The molecule has 0 radical (unpaired) electrons. The molecule has 1 aliphatic heterocycles. The normalized spacial score (nSPS) is 28.2. The van der Waals surface area contributed by atoms with Gasteiger partial charge in [-0.2, -0.15) is 0 Å². The molecule has 1 amide bonds. The van der Waals surface area contributed by atoms with E-state index < -0.39 is 30.3 Å². The summed E-state index contributed by atoms with van der Waals surface area (Å²) in [4.78, 5) is 23.4. The van der Waals surface area contributed by atoms with Crippen molar-refractivity contribution < 1.29 is 27.9 Å². The van der Waals surface area contributed by atoms with Crippen LogP contribution in [0, 0.1) is 5.41 Å². The molecule has 0 aromatic carbocycles. The van der Waals surface area contributed by atoms with Crippen LogP contribution in [0.4, 0.5) is 0 Å². The maximum atomic E-state index is 12.1. The van der Waals surface area contributed by atoms with Crippen LogP contribution >= 0.6 is 18.2 Å². The van der Waals surface area contributed by atoms with E-state index in [1.165, 1.54) is 0 Å². The monoisotopic (exact) mass is 341 g/mol. The molecule has 0 saturated carbocycles. The Morgan fingerprint density at radius 3 is 2.67 bits per heavy atom. The van der Waals surface area contributed by atoms with E-state index in [0.29, 0.717) is 0 Å². The van der Waals surface area contributed by atoms with Gasteiger partial charge in [-0.05, 0) is 13.8 Å². The molecule has 0 aliphatic carbocycles. The predicted octanol–water partition coefficient (Wildman–Crippen LogP) is 2.23. The highest BCUT2D eigenvalue weighted by Crippen LogP contribution is 2.60. The third kappa shape index (κ3) is 5.94. The molecular weight excluding hydrogens is 321 g/mol. The molecule has 0 aromatic heterocycles. The van der Waals surface area contributed by atoms with Crippen LogP contribution in [0.3, 0.4) is 0 Å². The van der Waals surface area contributed by atoms with Gasteiger partial charge in [0.2, 0.25) is 5.91 Å². The van der Waals surface area contributed by atoms with Gasteiger partial charge in [0, 0.05) is 23.2 Å². The van der Waals surface area contributed by atoms with Gasteiger partial charge in [-0.3, -0.25) is 18.6 Å². The van der Waals surface area contributed by atoms with Crippen LogP contribution in [-0.2, 0) is 27.9 Å². The Hall–Kier alpha value is -0.620. The fraction of sp³-hybridized carbons (Fsp3) is 0.833. The van der Waals surface area contributed by atoms with Crippen molar-refractivity contribution in [3.63, 3.8) is 0 Å². The van der Waals surface area contributed by atoms with E-state index in [4.69, 9.17) is 25.0 Å². The molecule has 9 heteroatoms. The largest absolute Gasteiger partial charge is 0.463 e. The fourth-order valence-electron chi connectivity index (χ4n) is 1.72. The van der Waals surface area contributed by atoms with Crippen molar-refractivity contribution in [1.29, 1.82) is 0 Å². The molecule has 0 bridgehead atoms. The molecule has 1 rings (SSSR count). The number of hydrogen-bond acceptors (Lipinski definition) is 6. The lowest BCUT2D eigenvalue weighted by Gasteiger charge is -2.38. The molecule has 2 atom stereocenters. The molecule has 21 heavy (non-hydrogen) atoms. The minimum absolute atomic E-state index is 0.0429. The van der Waals surface area contributed by atoms with E-state index in [-0.39, 0.29) is 25.7 Å². The molecule has 1 aliphatic rings.